The van der Waals surface area contributed by atoms with E-state index in [2.05, 4.69) is 5.32 Å². The lowest BCUT2D eigenvalue weighted by atomic mass is 10.1. The monoisotopic (exact) mass is 362 g/mol. The van der Waals surface area contributed by atoms with Gasteiger partial charge in [0.2, 0.25) is 0 Å². The number of hydrogen-bond donors (Lipinski definition) is 1. The van der Waals surface area contributed by atoms with Crippen LogP contribution < -0.4 is 10.2 Å². The fraction of sp³-hybridized carbons (Fsp3) is 0.438. The number of nitro groups is 1. The fourth-order valence-electron chi connectivity index (χ4n) is 3.03. The molecule has 0 aromatic heterocycles. The highest BCUT2D eigenvalue weighted by Crippen LogP contribution is 2.29. The molecule has 0 spiro atoms. The standard InChI is InChI=1S/C16H18N4O6/c21-14(19-8-5-17-16(19)23)10-26-15(22)12-9-11(20(24)25)3-4-13(12)18-6-1-2-7-18/h3-4,9H,1-2,5-8,10H2,(H,17,23). The molecule has 10 nitrogen and oxygen atoms in total. The number of hydrogen-bond acceptors (Lipinski definition) is 7. The van der Waals surface area contributed by atoms with Crippen LogP contribution in [-0.2, 0) is 9.53 Å². The Kier molecular flexibility index (Phi) is 5.01. The van der Waals surface area contributed by atoms with Crippen molar-refractivity contribution < 1.29 is 24.0 Å². The van der Waals surface area contributed by atoms with E-state index in [-0.39, 0.29) is 17.8 Å². The van der Waals surface area contributed by atoms with E-state index in [0.717, 1.165) is 36.9 Å². The molecule has 26 heavy (non-hydrogen) atoms. The maximum Gasteiger partial charge on any atom is 0.341 e. The van der Waals surface area contributed by atoms with Crippen molar-refractivity contribution in [2.45, 2.75) is 12.8 Å². The Balaban J connectivity index is 1.76. The van der Waals surface area contributed by atoms with Gasteiger partial charge in [0.05, 0.1) is 16.2 Å². The highest BCUT2D eigenvalue weighted by molar-refractivity contribution is 6.00. The van der Waals surface area contributed by atoms with E-state index >= 15 is 0 Å². The zero-order valence-electron chi connectivity index (χ0n) is 14.0. The molecule has 1 N–H and O–H groups in total. The molecule has 2 fully saturated rings. The topological polar surface area (TPSA) is 122 Å². The quantitative estimate of drug-likeness (QED) is 0.469. The number of carbonyl (C=O) groups excluding carboxylic acids is 3. The van der Waals surface area contributed by atoms with Crippen molar-refractivity contribution in [1.82, 2.24) is 10.2 Å². The van der Waals surface area contributed by atoms with Crippen molar-refractivity contribution in [2.24, 2.45) is 0 Å². The second kappa shape index (κ2) is 7.38. The molecular formula is C16H18N4O6. The molecule has 0 saturated carbocycles. The molecule has 3 amide bonds. The summed E-state index contributed by atoms with van der Waals surface area (Å²) in [7, 11) is 0. The first-order valence-electron chi connectivity index (χ1n) is 8.26. The van der Waals surface area contributed by atoms with Crippen molar-refractivity contribution in [3.05, 3.63) is 33.9 Å². The minimum Gasteiger partial charge on any atom is -0.452 e. The molecule has 0 atom stereocenters. The summed E-state index contributed by atoms with van der Waals surface area (Å²) in [6.45, 7) is 1.44. The number of benzene rings is 1. The van der Waals surface area contributed by atoms with E-state index in [4.69, 9.17) is 4.74 Å². The molecule has 2 aliphatic rings. The van der Waals surface area contributed by atoms with Gasteiger partial charge in [-0.3, -0.25) is 19.8 Å². The Hall–Kier alpha value is -3.17. The number of nitrogens with zero attached hydrogens (tertiary/aromatic N) is 3. The number of urea groups is 1. The van der Waals surface area contributed by atoms with Gasteiger partial charge in [-0.05, 0) is 18.9 Å². The van der Waals surface area contributed by atoms with Gasteiger partial charge in [-0.25, -0.2) is 9.59 Å². The van der Waals surface area contributed by atoms with Crippen LogP contribution >= 0.6 is 0 Å². The number of esters is 1. The second-order valence-electron chi connectivity index (χ2n) is 6.01. The molecule has 138 valence electrons. The van der Waals surface area contributed by atoms with E-state index in [1.165, 1.54) is 12.1 Å². The molecule has 1 aromatic carbocycles. The Morgan fingerprint density at radius 2 is 1.96 bits per heavy atom. The maximum atomic E-state index is 12.5. The number of ether oxygens (including phenoxy) is 1. The van der Waals surface area contributed by atoms with Crippen molar-refractivity contribution in [3.63, 3.8) is 0 Å². The van der Waals surface area contributed by atoms with E-state index in [9.17, 15) is 24.5 Å². The van der Waals surface area contributed by atoms with Crippen molar-refractivity contribution in [2.75, 3.05) is 37.7 Å². The van der Waals surface area contributed by atoms with Crippen LogP contribution in [0.5, 0.6) is 0 Å². The van der Waals surface area contributed by atoms with Crippen LogP contribution in [0.15, 0.2) is 18.2 Å². The molecule has 0 unspecified atom stereocenters. The van der Waals surface area contributed by atoms with E-state index < -0.39 is 29.4 Å². The first-order chi connectivity index (χ1) is 12.5. The number of non-ortho nitro benzene ring substituents is 1. The second-order valence-corrected chi connectivity index (χ2v) is 6.01. The van der Waals surface area contributed by atoms with Crippen LogP contribution in [0.2, 0.25) is 0 Å². The summed E-state index contributed by atoms with van der Waals surface area (Å²) in [5.74, 6) is -1.47. The summed E-state index contributed by atoms with van der Waals surface area (Å²) in [5.41, 5.74) is 0.356. The van der Waals surface area contributed by atoms with Crippen molar-refractivity contribution in [3.8, 4) is 0 Å². The zero-order chi connectivity index (χ0) is 18.7. The Bertz CT molecular complexity index is 759. The number of carbonyl (C=O) groups is 3. The predicted octanol–water partition coefficient (Wildman–Crippen LogP) is 0.904. The SMILES string of the molecule is O=C(OCC(=O)N1CCNC1=O)c1cc([N+](=O)[O-])ccc1N1CCCC1. The molecule has 2 heterocycles. The molecule has 10 heteroatoms. The lowest BCUT2D eigenvalue weighted by Crippen LogP contribution is -2.37. The summed E-state index contributed by atoms with van der Waals surface area (Å²) in [4.78, 5) is 49.2. The first kappa shape index (κ1) is 17.6. The third-order valence-corrected chi connectivity index (χ3v) is 4.34. The average Bonchev–Trinajstić information content (AvgIpc) is 3.30. The van der Waals surface area contributed by atoms with Crippen molar-refractivity contribution in [1.29, 1.82) is 0 Å². The molecule has 3 rings (SSSR count). The third kappa shape index (κ3) is 3.58. The Morgan fingerprint density at radius 3 is 2.58 bits per heavy atom. The number of rotatable bonds is 5. The number of nitro benzene ring substituents is 1. The molecular weight excluding hydrogens is 344 g/mol. The van der Waals surface area contributed by atoms with Gasteiger partial charge in [-0.15, -0.1) is 0 Å². The summed E-state index contributed by atoms with van der Waals surface area (Å²) in [6, 6.07) is 3.49. The molecule has 2 aliphatic heterocycles. The van der Waals surface area contributed by atoms with E-state index in [0.29, 0.717) is 12.2 Å². The maximum absolute atomic E-state index is 12.5. The molecule has 0 radical (unpaired) electrons. The average molecular weight is 362 g/mol. The van der Waals surface area contributed by atoms with Gasteiger partial charge in [-0.1, -0.05) is 0 Å². The van der Waals surface area contributed by atoms with Crippen LogP contribution in [-0.4, -0.2) is 60.5 Å². The van der Waals surface area contributed by atoms with Crippen LogP contribution in [0.3, 0.4) is 0 Å². The van der Waals surface area contributed by atoms with Crippen LogP contribution in [0.1, 0.15) is 23.2 Å². The van der Waals surface area contributed by atoms with Crippen LogP contribution in [0.25, 0.3) is 0 Å². The lowest BCUT2D eigenvalue weighted by molar-refractivity contribution is -0.384. The number of amides is 3. The highest BCUT2D eigenvalue weighted by Gasteiger charge is 2.28. The minimum atomic E-state index is -0.830. The fourth-order valence-corrected chi connectivity index (χ4v) is 3.03. The van der Waals surface area contributed by atoms with Gasteiger partial charge < -0.3 is 15.0 Å². The van der Waals surface area contributed by atoms with E-state index in [1.54, 1.807) is 0 Å². The Morgan fingerprint density at radius 1 is 1.23 bits per heavy atom. The lowest BCUT2D eigenvalue weighted by Gasteiger charge is -2.20. The van der Waals surface area contributed by atoms with Gasteiger partial charge in [0.25, 0.3) is 11.6 Å². The van der Waals surface area contributed by atoms with Crippen LogP contribution in [0, 0.1) is 10.1 Å². The zero-order valence-corrected chi connectivity index (χ0v) is 14.0. The summed E-state index contributed by atoms with van der Waals surface area (Å²) in [6.07, 6.45) is 1.93. The van der Waals surface area contributed by atoms with Crippen molar-refractivity contribution >= 4 is 29.3 Å². The first-order valence-corrected chi connectivity index (χ1v) is 8.26. The highest BCUT2D eigenvalue weighted by atomic mass is 16.6. The smallest absolute Gasteiger partial charge is 0.341 e. The summed E-state index contributed by atoms with van der Waals surface area (Å²) >= 11 is 0. The summed E-state index contributed by atoms with van der Waals surface area (Å²) < 4.78 is 5.03. The van der Waals surface area contributed by atoms with Gasteiger partial charge in [-0.2, -0.15) is 0 Å². The minimum absolute atomic E-state index is 0.0415. The van der Waals surface area contributed by atoms with E-state index in [1.807, 2.05) is 4.90 Å². The van der Waals surface area contributed by atoms with Crippen LogP contribution in [0.4, 0.5) is 16.2 Å². The normalized spacial score (nSPS) is 16.5. The predicted molar refractivity (Wildman–Crippen MR) is 89.9 cm³/mol. The van der Waals surface area contributed by atoms with Gasteiger partial charge in [0.15, 0.2) is 6.61 Å². The van der Waals surface area contributed by atoms with Gasteiger partial charge in [0.1, 0.15) is 0 Å². The molecule has 0 aliphatic carbocycles. The summed E-state index contributed by atoms with van der Waals surface area (Å²) in [5, 5.41) is 13.5. The molecule has 1 aromatic rings. The molecule has 2 saturated heterocycles. The Labute approximate surface area is 148 Å². The van der Waals surface area contributed by atoms with Gasteiger partial charge >= 0.3 is 12.0 Å². The number of nitrogens with one attached hydrogen (secondary N) is 1. The number of anilines is 1. The third-order valence-electron chi connectivity index (χ3n) is 4.34. The largest absolute Gasteiger partial charge is 0.452 e. The molecule has 0 bridgehead atoms. The van der Waals surface area contributed by atoms with Gasteiger partial charge in [0, 0.05) is 38.3 Å². The number of imide groups is 1.